The van der Waals surface area contributed by atoms with Crippen LogP contribution in [0.2, 0.25) is 0 Å². The number of carbonyl (C=O) groups is 1. The second-order valence-corrected chi connectivity index (χ2v) is 5.64. The summed E-state index contributed by atoms with van der Waals surface area (Å²) in [6.07, 6.45) is -3.06. The lowest BCUT2D eigenvalue weighted by Gasteiger charge is -2.11. The van der Waals surface area contributed by atoms with Gasteiger partial charge in [-0.15, -0.1) is 0 Å². The molecule has 0 aliphatic carbocycles. The minimum Gasteiger partial charge on any atom is -0.322 e. The number of thioether (sulfide) groups is 1. The summed E-state index contributed by atoms with van der Waals surface area (Å²) < 4.78 is 50.2. The molecule has 0 fully saturated rings. The number of aromatic nitrogens is 1. The molecule has 0 radical (unpaired) electrons. The van der Waals surface area contributed by atoms with Gasteiger partial charge in [-0.3, -0.25) is 4.79 Å². The van der Waals surface area contributed by atoms with Crippen molar-refractivity contribution < 1.29 is 22.4 Å². The van der Waals surface area contributed by atoms with Gasteiger partial charge >= 0.3 is 6.18 Å². The van der Waals surface area contributed by atoms with Crippen LogP contribution in [0.3, 0.4) is 0 Å². The van der Waals surface area contributed by atoms with E-state index in [1.54, 1.807) is 6.92 Å². The van der Waals surface area contributed by atoms with E-state index in [9.17, 15) is 22.4 Å². The molecule has 0 atom stereocenters. The number of rotatable bonds is 4. The summed E-state index contributed by atoms with van der Waals surface area (Å²) in [5.41, 5.74) is 0.893. The summed E-state index contributed by atoms with van der Waals surface area (Å²) in [5.74, 6) is -2.32. The van der Waals surface area contributed by atoms with Crippen LogP contribution in [-0.4, -0.2) is 22.8 Å². The number of hydrogen-bond acceptors (Lipinski definition) is 3. The average Bonchev–Trinajstić information content (AvgIpc) is 2.48. The number of pyridine rings is 1. The minimum atomic E-state index is -4.37. The van der Waals surface area contributed by atoms with Crippen molar-refractivity contribution in [3.63, 3.8) is 0 Å². The molecule has 1 heterocycles. The number of halogens is 4. The van der Waals surface area contributed by atoms with Crippen LogP contribution in [0, 0.1) is 12.7 Å². The van der Waals surface area contributed by atoms with Gasteiger partial charge in [0.25, 0.3) is 5.91 Å². The Bertz CT molecular complexity index is 719. The number of amides is 1. The zero-order chi connectivity index (χ0) is 17.0. The van der Waals surface area contributed by atoms with Crippen LogP contribution >= 0.6 is 11.8 Å². The molecule has 23 heavy (non-hydrogen) atoms. The number of aryl methyl sites for hydroxylation is 1. The van der Waals surface area contributed by atoms with Gasteiger partial charge in [-0.25, -0.2) is 9.37 Å². The van der Waals surface area contributed by atoms with Gasteiger partial charge < -0.3 is 5.32 Å². The molecule has 8 heteroatoms. The number of carbonyl (C=O) groups excluding carboxylic acids is 1. The lowest BCUT2D eigenvalue weighted by Crippen LogP contribution is -2.16. The first-order valence-corrected chi connectivity index (χ1v) is 7.47. The molecule has 2 aromatic rings. The largest absolute Gasteiger partial charge is 0.398 e. The molecule has 0 spiro atoms. The minimum absolute atomic E-state index is 0.00501. The fourth-order valence-electron chi connectivity index (χ4n) is 1.75. The predicted molar refractivity (Wildman–Crippen MR) is 80.1 cm³/mol. The van der Waals surface area contributed by atoms with E-state index in [0.717, 1.165) is 6.07 Å². The van der Waals surface area contributed by atoms with E-state index in [0.29, 0.717) is 17.3 Å². The Morgan fingerprint density at radius 2 is 2.04 bits per heavy atom. The van der Waals surface area contributed by atoms with Crippen LogP contribution in [0.15, 0.2) is 41.6 Å². The molecule has 0 aliphatic rings. The van der Waals surface area contributed by atoms with Crippen molar-refractivity contribution in [2.75, 3.05) is 11.1 Å². The van der Waals surface area contributed by atoms with Crippen LogP contribution in [0.1, 0.15) is 15.9 Å². The average molecular weight is 344 g/mol. The number of alkyl halides is 3. The van der Waals surface area contributed by atoms with Crippen molar-refractivity contribution >= 4 is 23.4 Å². The van der Waals surface area contributed by atoms with E-state index in [1.807, 2.05) is 0 Å². The van der Waals surface area contributed by atoms with Gasteiger partial charge in [-0.2, -0.15) is 13.2 Å². The van der Waals surface area contributed by atoms with Gasteiger partial charge in [0.15, 0.2) is 0 Å². The second-order valence-electron chi connectivity index (χ2n) is 4.67. The molecule has 2 rings (SSSR count). The van der Waals surface area contributed by atoms with E-state index < -0.39 is 23.7 Å². The molecule has 1 aromatic heterocycles. The number of nitrogens with zero attached hydrogens (tertiary/aromatic N) is 1. The maximum atomic E-state index is 13.2. The molecular formula is C15H12F4N2OS. The zero-order valence-corrected chi connectivity index (χ0v) is 12.8. The van der Waals surface area contributed by atoms with Crippen LogP contribution in [0.4, 0.5) is 23.2 Å². The predicted octanol–water partition coefficient (Wildman–Crippen LogP) is 4.44. The molecule has 1 amide bonds. The van der Waals surface area contributed by atoms with Gasteiger partial charge in [0.2, 0.25) is 0 Å². The summed E-state index contributed by atoms with van der Waals surface area (Å²) in [6.45, 7) is 1.68. The first kappa shape index (κ1) is 17.3. The van der Waals surface area contributed by atoms with Crippen molar-refractivity contribution in [1.29, 1.82) is 0 Å². The van der Waals surface area contributed by atoms with E-state index in [1.165, 1.54) is 30.5 Å². The van der Waals surface area contributed by atoms with Gasteiger partial charge in [0, 0.05) is 11.9 Å². The Morgan fingerprint density at radius 3 is 2.74 bits per heavy atom. The van der Waals surface area contributed by atoms with Crippen LogP contribution in [0.5, 0.6) is 0 Å². The second kappa shape index (κ2) is 6.99. The number of anilines is 1. The highest BCUT2D eigenvalue weighted by molar-refractivity contribution is 7.99. The van der Waals surface area contributed by atoms with Gasteiger partial charge in [-0.1, -0.05) is 17.8 Å². The third-order valence-corrected chi connectivity index (χ3v) is 3.91. The number of hydrogen-bond donors (Lipinski definition) is 1. The van der Waals surface area contributed by atoms with Crippen molar-refractivity contribution in [2.45, 2.75) is 18.1 Å². The molecule has 3 nitrogen and oxygen atoms in total. The van der Waals surface area contributed by atoms with Gasteiger partial charge in [0.1, 0.15) is 10.8 Å². The highest BCUT2D eigenvalue weighted by Crippen LogP contribution is 2.28. The van der Waals surface area contributed by atoms with Crippen LogP contribution < -0.4 is 5.32 Å². The number of benzene rings is 1. The summed E-state index contributed by atoms with van der Waals surface area (Å²) in [7, 11) is 0. The normalized spacial score (nSPS) is 11.3. The zero-order valence-electron chi connectivity index (χ0n) is 11.9. The van der Waals surface area contributed by atoms with Gasteiger partial charge in [0.05, 0.1) is 11.3 Å². The smallest absolute Gasteiger partial charge is 0.322 e. The van der Waals surface area contributed by atoms with E-state index in [2.05, 4.69) is 10.3 Å². The highest BCUT2D eigenvalue weighted by atomic mass is 32.2. The van der Waals surface area contributed by atoms with Gasteiger partial charge in [-0.05, 0) is 36.8 Å². The topological polar surface area (TPSA) is 42.0 Å². The van der Waals surface area contributed by atoms with Crippen molar-refractivity contribution in [3.8, 4) is 0 Å². The molecule has 0 bridgehead atoms. The van der Waals surface area contributed by atoms with Crippen molar-refractivity contribution in [2.24, 2.45) is 0 Å². The van der Waals surface area contributed by atoms with E-state index >= 15 is 0 Å². The van der Waals surface area contributed by atoms with E-state index in [-0.39, 0.29) is 16.3 Å². The first-order valence-electron chi connectivity index (χ1n) is 6.48. The first-order chi connectivity index (χ1) is 10.8. The monoisotopic (exact) mass is 344 g/mol. The lowest BCUT2D eigenvalue weighted by atomic mass is 10.2. The molecule has 122 valence electrons. The van der Waals surface area contributed by atoms with Crippen LogP contribution in [0.25, 0.3) is 0 Å². The Balaban J connectivity index is 2.21. The summed E-state index contributed by atoms with van der Waals surface area (Å²) in [6, 6.07) is 6.71. The molecule has 0 saturated heterocycles. The van der Waals surface area contributed by atoms with Crippen molar-refractivity contribution in [1.82, 2.24) is 4.98 Å². The van der Waals surface area contributed by atoms with Crippen LogP contribution in [-0.2, 0) is 0 Å². The standard InChI is InChI=1S/C15H12F4N2OS/c1-9-4-5-10(16)7-12(9)21-13(22)11-3-2-6-20-14(11)23-8-15(17,18)19/h2-7H,8H2,1H3,(H,21,22). The van der Waals surface area contributed by atoms with Crippen molar-refractivity contribution in [3.05, 3.63) is 53.5 Å². The third kappa shape index (κ3) is 4.95. The third-order valence-electron chi connectivity index (χ3n) is 2.84. The SMILES string of the molecule is Cc1ccc(F)cc1NC(=O)c1cccnc1SCC(F)(F)F. The molecule has 1 N–H and O–H groups in total. The quantitative estimate of drug-likeness (QED) is 0.659. The Morgan fingerprint density at radius 1 is 1.30 bits per heavy atom. The summed E-state index contributed by atoms with van der Waals surface area (Å²) in [5, 5.41) is 2.46. The molecule has 0 saturated carbocycles. The maximum absolute atomic E-state index is 13.2. The van der Waals surface area contributed by atoms with E-state index in [4.69, 9.17) is 0 Å². The molecule has 1 aromatic carbocycles. The number of nitrogens with one attached hydrogen (secondary N) is 1. The fourth-order valence-corrected chi connectivity index (χ4v) is 2.50. The molecular weight excluding hydrogens is 332 g/mol. The fraction of sp³-hybridized carbons (Fsp3) is 0.200. The molecule has 0 unspecified atom stereocenters. The summed E-state index contributed by atoms with van der Waals surface area (Å²) >= 11 is 0.429. The Kier molecular flexibility index (Phi) is 5.25. The highest BCUT2D eigenvalue weighted by Gasteiger charge is 2.28. The summed E-state index contributed by atoms with van der Waals surface area (Å²) in [4.78, 5) is 16.1. The Hall–Kier alpha value is -2.09. The molecule has 0 aliphatic heterocycles. The maximum Gasteiger partial charge on any atom is 0.398 e. The Labute approximate surface area is 134 Å². The lowest BCUT2D eigenvalue weighted by molar-refractivity contribution is -0.105.